The van der Waals surface area contributed by atoms with Crippen molar-refractivity contribution in [1.82, 2.24) is 0 Å². The van der Waals surface area contributed by atoms with Crippen LogP contribution in [-0.2, 0) is 0 Å². The molecular formula is C12H20LiN. The summed E-state index contributed by atoms with van der Waals surface area (Å²) >= 11 is 0. The Morgan fingerprint density at radius 3 is 2.43 bits per heavy atom. The molecule has 1 nitrogen and oxygen atoms in total. The van der Waals surface area contributed by atoms with Crippen LogP contribution in [0.3, 0.4) is 0 Å². The van der Waals surface area contributed by atoms with Crippen molar-refractivity contribution in [2.24, 2.45) is 17.1 Å². The standard InChI is InChI=1S/C12H20N.Li/c1-4-12(5-2)7-6-10(3)8-11(12)9-13;/h6-9,11H,4-5,13H2,1-3H3;/q-1;+1. The van der Waals surface area contributed by atoms with E-state index in [0.717, 1.165) is 12.8 Å². The summed E-state index contributed by atoms with van der Waals surface area (Å²) < 4.78 is 0. The van der Waals surface area contributed by atoms with E-state index in [9.17, 15) is 0 Å². The molecule has 1 atom stereocenters. The summed E-state index contributed by atoms with van der Waals surface area (Å²) in [6.45, 7) is 8.43. The van der Waals surface area contributed by atoms with Gasteiger partial charge >= 0.3 is 18.9 Å². The normalized spacial score (nSPS) is 24.0. The first-order valence-corrected chi connectivity index (χ1v) is 5.11. The predicted molar refractivity (Wildman–Crippen MR) is 57.9 cm³/mol. The molecule has 74 valence electrons. The SMILES string of the molecule is CCC1(CC)C=CC(C)=CC1[CH-]N.[Li+]. The Morgan fingerprint density at radius 2 is 2.00 bits per heavy atom. The van der Waals surface area contributed by atoms with Crippen LogP contribution in [0, 0.1) is 17.9 Å². The van der Waals surface area contributed by atoms with Crippen molar-refractivity contribution in [3.05, 3.63) is 30.3 Å². The Labute approximate surface area is 100 Å². The summed E-state index contributed by atoms with van der Waals surface area (Å²) in [4.78, 5) is 0. The summed E-state index contributed by atoms with van der Waals surface area (Å²) in [6, 6.07) is 0. The van der Waals surface area contributed by atoms with Crippen LogP contribution in [0.1, 0.15) is 33.6 Å². The molecule has 0 spiro atoms. The molecule has 0 aliphatic heterocycles. The van der Waals surface area contributed by atoms with Gasteiger partial charge in [0.25, 0.3) is 0 Å². The molecule has 0 radical (unpaired) electrons. The number of hydrogen-bond acceptors (Lipinski definition) is 1. The minimum Gasteiger partial charge on any atom is -0.483 e. The van der Waals surface area contributed by atoms with Crippen molar-refractivity contribution in [3.8, 4) is 0 Å². The molecule has 0 heterocycles. The van der Waals surface area contributed by atoms with Crippen molar-refractivity contribution in [2.75, 3.05) is 0 Å². The second-order valence-electron chi connectivity index (χ2n) is 3.90. The van der Waals surface area contributed by atoms with E-state index < -0.39 is 0 Å². The van der Waals surface area contributed by atoms with E-state index >= 15 is 0 Å². The molecule has 0 saturated heterocycles. The summed E-state index contributed by atoms with van der Waals surface area (Å²) in [5.41, 5.74) is 7.28. The molecule has 14 heavy (non-hydrogen) atoms. The molecule has 1 unspecified atom stereocenters. The van der Waals surface area contributed by atoms with Gasteiger partial charge in [0.05, 0.1) is 0 Å². The van der Waals surface area contributed by atoms with E-state index in [4.69, 9.17) is 5.73 Å². The minimum absolute atomic E-state index is 0. The monoisotopic (exact) mass is 185 g/mol. The van der Waals surface area contributed by atoms with Crippen molar-refractivity contribution < 1.29 is 18.9 Å². The van der Waals surface area contributed by atoms with E-state index in [2.05, 4.69) is 39.0 Å². The average molecular weight is 185 g/mol. The fourth-order valence-corrected chi connectivity index (χ4v) is 2.12. The van der Waals surface area contributed by atoms with Gasteiger partial charge in [0.15, 0.2) is 0 Å². The zero-order valence-electron chi connectivity index (χ0n) is 9.88. The first kappa shape index (κ1) is 14.0. The molecule has 0 aromatic carbocycles. The zero-order valence-corrected chi connectivity index (χ0v) is 9.88. The molecule has 0 bridgehead atoms. The summed E-state index contributed by atoms with van der Waals surface area (Å²) in [5.74, 6) is 0.410. The molecule has 2 N–H and O–H groups in total. The maximum Gasteiger partial charge on any atom is 1.00 e. The van der Waals surface area contributed by atoms with Gasteiger partial charge in [-0.05, 0) is 25.2 Å². The van der Waals surface area contributed by atoms with Crippen LogP contribution in [0.2, 0.25) is 0 Å². The summed E-state index contributed by atoms with van der Waals surface area (Å²) in [7, 11) is 0. The second kappa shape index (κ2) is 5.81. The molecule has 0 fully saturated rings. The first-order chi connectivity index (χ1) is 6.18. The average Bonchev–Trinajstić information content (AvgIpc) is 2.18. The van der Waals surface area contributed by atoms with Gasteiger partial charge in [0, 0.05) is 0 Å². The fourth-order valence-electron chi connectivity index (χ4n) is 2.12. The quantitative estimate of drug-likeness (QED) is 0.488. The maximum atomic E-state index is 5.69. The number of hydrogen-bond donors (Lipinski definition) is 1. The number of allylic oxidation sites excluding steroid dienone is 3. The van der Waals surface area contributed by atoms with Crippen molar-refractivity contribution >= 4 is 0 Å². The van der Waals surface area contributed by atoms with E-state index in [1.807, 2.05) is 6.54 Å². The molecule has 0 amide bonds. The van der Waals surface area contributed by atoms with Crippen LogP contribution >= 0.6 is 0 Å². The molecule has 0 aromatic rings. The molecule has 1 rings (SSSR count). The van der Waals surface area contributed by atoms with Crippen molar-refractivity contribution in [3.63, 3.8) is 0 Å². The van der Waals surface area contributed by atoms with Gasteiger partial charge in [0.2, 0.25) is 0 Å². The van der Waals surface area contributed by atoms with Crippen LogP contribution in [0.15, 0.2) is 23.8 Å². The van der Waals surface area contributed by atoms with Gasteiger partial charge in [0.1, 0.15) is 0 Å². The van der Waals surface area contributed by atoms with Crippen LogP contribution in [0.25, 0.3) is 0 Å². The van der Waals surface area contributed by atoms with E-state index in [-0.39, 0.29) is 24.3 Å². The van der Waals surface area contributed by atoms with E-state index in [1.165, 1.54) is 5.57 Å². The molecule has 1 aliphatic carbocycles. The Bertz CT molecular complexity index is 226. The van der Waals surface area contributed by atoms with Crippen molar-refractivity contribution in [2.45, 2.75) is 33.6 Å². The molecule has 0 aromatic heterocycles. The van der Waals surface area contributed by atoms with Crippen molar-refractivity contribution in [1.29, 1.82) is 0 Å². The zero-order chi connectivity index (χ0) is 9.90. The molecular weight excluding hydrogens is 165 g/mol. The summed E-state index contributed by atoms with van der Waals surface area (Å²) in [5, 5.41) is 0. The summed E-state index contributed by atoms with van der Waals surface area (Å²) in [6.07, 6.45) is 9.13. The maximum absolute atomic E-state index is 5.69. The smallest absolute Gasteiger partial charge is 0.483 e. The van der Waals surface area contributed by atoms with Gasteiger partial charge in [-0.2, -0.15) is 0 Å². The molecule has 2 heteroatoms. The molecule has 1 aliphatic rings. The number of rotatable bonds is 3. The second-order valence-corrected chi connectivity index (χ2v) is 3.90. The van der Waals surface area contributed by atoms with Crippen LogP contribution in [-0.4, -0.2) is 0 Å². The Morgan fingerprint density at radius 1 is 1.43 bits per heavy atom. The fraction of sp³-hybridized carbons (Fsp3) is 0.583. The number of nitrogens with two attached hydrogens (primary N) is 1. The van der Waals surface area contributed by atoms with Gasteiger partial charge < -0.3 is 5.73 Å². The Balaban J connectivity index is 0.00000169. The third kappa shape index (κ3) is 2.54. The van der Waals surface area contributed by atoms with Crippen LogP contribution in [0.4, 0.5) is 0 Å². The first-order valence-electron chi connectivity index (χ1n) is 5.11. The van der Waals surface area contributed by atoms with Gasteiger partial charge in [-0.3, -0.25) is 6.54 Å². The Kier molecular flexibility index (Phi) is 5.82. The Hall–Kier alpha value is 0.0374. The van der Waals surface area contributed by atoms with E-state index in [1.54, 1.807) is 0 Å². The molecule has 0 saturated carbocycles. The van der Waals surface area contributed by atoms with Gasteiger partial charge in [-0.25, -0.2) is 0 Å². The van der Waals surface area contributed by atoms with Gasteiger partial charge in [-0.1, -0.05) is 31.6 Å². The third-order valence-electron chi connectivity index (χ3n) is 3.31. The van der Waals surface area contributed by atoms with E-state index in [0.29, 0.717) is 5.92 Å². The van der Waals surface area contributed by atoms with Crippen LogP contribution < -0.4 is 24.6 Å². The van der Waals surface area contributed by atoms with Crippen LogP contribution in [0.5, 0.6) is 0 Å². The predicted octanol–water partition coefficient (Wildman–Crippen LogP) is 0.0496. The minimum atomic E-state index is 0. The topological polar surface area (TPSA) is 26.0 Å². The van der Waals surface area contributed by atoms with Gasteiger partial charge in [-0.15, -0.1) is 12.0 Å². The third-order valence-corrected chi connectivity index (χ3v) is 3.31. The largest absolute Gasteiger partial charge is 1.00 e.